The van der Waals surface area contributed by atoms with Crippen molar-refractivity contribution in [3.05, 3.63) is 11.9 Å². The van der Waals surface area contributed by atoms with Crippen molar-refractivity contribution in [1.29, 1.82) is 0 Å². The molecule has 110 valence electrons. The van der Waals surface area contributed by atoms with Crippen molar-refractivity contribution in [2.75, 3.05) is 27.2 Å². The highest BCUT2D eigenvalue weighted by atomic mass is 16.2. The standard InChI is InChI=1S/C13H21N5O2/c1-9(2)5-12(19)17-6-10(7-17)18-8-11(14-15-18)13(20)16(3)4/h8-10H,5-7H2,1-4H3. The summed E-state index contributed by atoms with van der Waals surface area (Å²) >= 11 is 0. The van der Waals surface area contributed by atoms with Crippen LogP contribution in [-0.4, -0.2) is 63.8 Å². The van der Waals surface area contributed by atoms with Crippen LogP contribution >= 0.6 is 0 Å². The van der Waals surface area contributed by atoms with E-state index in [1.165, 1.54) is 4.90 Å². The van der Waals surface area contributed by atoms with Crippen LogP contribution in [0.2, 0.25) is 0 Å². The van der Waals surface area contributed by atoms with Crippen LogP contribution in [0.25, 0.3) is 0 Å². The summed E-state index contributed by atoms with van der Waals surface area (Å²) in [5, 5.41) is 7.85. The second-order valence-corrected chi connectivity index (χ2v) is 5.83. The summed E-state index contributed by atoms with van der Waals surface area (Å²) in [6, 6.07) is 0.127. The molecule has 1 aliphatic heterocycles. The van der Waals surface area contributed by atoms with E-state index in [4.69, 9.17) is 0 Å². The largest absolute Gasteiger partial charge is 0.343 e. The second kappa shape index (κ2) is 5.60. The minimum atomic E-state index is -0.164. The maximum atomic E-state index is 11.8. The molecule has 1 aromatic heterocycles. The number of rotatable bonds is 4. The number of carbonyl (C=O) groups excluding carboxylic acids is 2. The van der Waals surface area contributed by atoms with Gasteiger partial charge in [-0.2, -0.15) is 0 Å². The summed E-state index contributed by atoms with van der Waals surface area (Å²) in [6.07, 6.45) is 2.23. The van der Waals surface area contributed by atoms with Gasteiger partial charge >= 0.3 is 0 Å². The Bertz CT molecular complexity index is 503. The molecule has 20 heavy (non-hydrogen) atoms. The molecule has 0 bridgehead atoms. The third-order valence-corrected chi connectivity index (χ3v) is 3.31. The molecule has 7 heteroatoms. The Morgan fingerprint density at radius 2 is 2.05 bits per heavy atom. The van der Waals surface area contributed by atoms with Crippen LogP contribution in [0.15, 0.2) is 6.20 Å². The fourth-order valence-corrected chi connectivity index (χ4v) is 2.09. The molecule has 7 nitrogen and oxygen atoms in total. The minimum Gasteiger partial charge on any atom is -0.343 e. The first-order chi connectivity index (χ1) is 9.38. The number of hydrogen-bond donors (Lipinski definition) is 0. The summed E-state index contributed by atoms with van der Waals surface area (Å²) in [7, 11) is 3.36. The lowest BCUT2D eigenvalue weighted by atomic mass is 10.1. The molecule has 2 rings (SSSR count). The third-order valence-electron chi connectivity index (χ3n) is 3.31. The Hall–Kier alpha value is -1.92. The van der Waals surface area contributed by atoms with Crippen LogP contribution < -0.4 is 0 Å². The first-order valence-corrected chi connectivity index (χ1v) is 6.79. The summed E-state index contributed by atoms with van der Waals surface area (Å²) < 4.78 is 1.68. The lowest BCUT2D eigenvalue weighted by Gasteiger charge is -2.39. The molecule has 2 heterocycles. The molecule has 0 radical (unpaired) electrons. The van der Waals surface area contributed by atoms with E-state index >= 15 is 0 Å². The molecular weight excluding hydrogens is 258 g/mol. The first-order valence-electron chi connectivity index (χ1n) is 6.79. The lowest BCUT2D eigenvalue weighted by molar-refractivity contribution is -0.138. The first kappa shape index (κ1) is 14.5. The van der Waals surface area contributed by atoms with Crippen molar-refractivity contribution in [1.82, 2.24) is 24.8 Å². The van der Waals surface area contributed by atoms with E-state index in [0.29, 0.717) is 31.1 Å². The number of amides is 2. The van der Waals surface area contributed by atoms with Crippen LogP contribution in [0, 0.1) is 5.92 Å². The molecule has 0 unspecified atom stereocenters. The van der Waals surface area contributed by atoms with E-state index < -0.39 is 0 Å². The molecule has 1 aliphatic rings. The average molecular weight is 279 g/mol. The highest BCUT2D eigenvalue weighted by Gasteiger charge is 2.33. The van der Waals surface area contributed by atoms with Gasteiger partial charge in [0.1, 0.15) is 0 Å². The summed E-state index contributed by atoms with van der Waals surface area (Å²) in [5.41, 5.74) is 0.335. The van der Waals surface area contributed by atoms with Crippen molar-refractivity contribution in [2.45, 2.75) is 26.3 Å². The fraction of sp³-hybridized carbons (Fsp3) is 0.692. The van der Waals surface area contributed by atoms with Crippen LogP contribution in [0.3, 0.4) is 0 Å². The SMILES string of the molecule is CC(C)CC(=O)N1CC(n2cc(C(=O)N(C)C)nn2)C1. The number of nitrogens with zero attached hydrogens (tertiary/aromatic N) is 5. The van der Waals surface area contributed by atoms with Gasteiger partial charge in [0.05, 0.1) is 12.2 Å². The zero-order valence-corrected chi connectivity index (χ0v) is 12.4. The van der Waals surface area contributed by atoms with Gasteiger partial charge in [0.25, 0.3) is 5.91 Å². The molecule has 2 amide bonds. The van der Waals surface area contributed by atoms with Crippen LogP contribution in [-0.2, 0) is 4.79 Å². The Morgan fingerprint density at radius 1 is 1.40 bits per heavy atom. The van der Waals surface area contributed by atoms with Crippen molar-refractivity contribution >= 4 is 11.8 Å². The molecule has 0 aliphatic carbocycles. The summed E-state index contributed by atoms with van der Waals surface area (Å²) in [4.78, 5) is 26.8. The number of carbonyl (C=O) groups is 2. The highest BCUT2D eigenvalue weighted by molar-refractivity contribution is 5.91. The van der Waals surface area contributed by atoms with Gasteiger partial charge in [-0.15, -0.1) is 5.10 Å². The molecule has 0 N–H and O–H groups in total. The second-order valence-electron chi connectivity index (χ2n) is 5.83. The van der Waals surface area contributed by atoms with E-state index in [2.05, 4.69) is 10.3 Å². The van der Waals surface area contributed by atoms with E-state index in [1.54, 1.807) is 25.0 Å². The average Bonchev–Trinajstić information content (AvgIpc) is 2.73. The van der Waals surface area contributed by atoms with E-state index in [1.807, 2.05) is 18.7 Å². The van der Waals surface area contributed by atoms with E-state index in [9.17, 15) is 9.59 Å². The Balaban J connectivity index is 1.90. The molecule has 1 saturated heterocycles. The number of aromatic nitrogens is 3. The van der Waals surface area contributed by atoms with Crippen LogP contribution in [0.4, 0.5) is 0 Å². The summed E-state index contributed by atoms with van der Waals surface area (Å²) in [5.74, 6) is 0.390. The zero-order valence-electron chi connectivity index (χ0n) is 12.4. The fourth-order valence-electron chi connectivity index (χ4n) is 2.09. The normalized spacial score (nSPS) is 15.3. The van der Waals surface area contributed by atoms with E-state index in [0.717, 1.165) is 0 Å². The highest BCUT2D eigenvalue weighted by Crippen LogP contribution is 2.22. The van der Waals surface area contributed by atoms with Crippen LogP contribution in [0.1, 0.15) is 36.8 Å². The monoisotopic (exact) mass is 279 g/mol. The van der Waals surface area contributed by atoms with Crippen molar-refractivity contribution in [3.8, 4) is 0 Å². The van der Waals surface area contributed by atoms with Gasteiger partial charge in [-0.05, 0) is 5.92 Å². The van der Waals surface area contributed by atoms with Gasteiger partial charge < -0.3 is 9.80 Å². The van der Waals surface area contributed by atoms with Gasteiger partial charge in [0, 0.05) is 33.6 Å². The minimum absolute atomic E-state index is 0.127. The van der Waals surface area contributed by atoms with Gasteiger partial charge in [-0.3, -0.25) is 9.59 Å². The van der Waals surface area contributed by atoms with Gasteiger partial charge in [0.15, 0.2) is 5.69 Å². The maximum Gasteiger partial charge on any atom is 0.275 e. The Labute approximate surface area is 118 Å². The smallest absolute Gasteiger partial charge is 0.275 e. The molecule has 1 fully saturated rings. The molecule has 0 spiro atoms. The third kappa shape index (κ3) is 2.97. The Morgan fingerprint density at radius 3 is 2.60 bits per heavy atom. The molecule has 1 aromatic rings. The maximum absolute atomic E-state index is 11.8. The molecular formula is C13H21N5O2. The van der Waals surface area contributed by atoms with Crippen molar-refractivity contribution < 1.29 is 9.59 Å². The number of likely N-dealkylation sites (tertiary alicyclic amines) is 1. The summed E-state index contributed by atoms with van der Waals surface area (Å²) in [6.45, 7) is 5.35. The quantitative estimate of drug-likeness (QED) is 0.800. The Kier molecular flexibility index (Phi) is 4.06. The molecule has 0 aromatic carbocycles. The van der Waals surface area contributed by atoms with Gasteiger partial charge in [-0.25, -0.2) is 4.68 Å². The zero-order chi connectivity index (χ0) is 14.9. The van der Waals surface area contributed by atoms with Crippen LogP contribution in [0.5, 0.6) is 0 Å². The van der Waals surface area contributed by atoms with Crippen molar-refractivity contribution in [2.24, 2.45) is 5.92 Å². The van der Waals surface area contributed by atoms with Gasteiger partial charge in [-0.1, -0.05) is 19.1 Å². The molecule has 0 atom stereocenters. The predicted molar refractivity (Wildman–Crippen MR) is 73.1 cm³/mol. The lowest BCUT2D eigenvalue weighted by Crippen LogP contribution is -2.51. The predicted octanol–water partition coefficient (Wildman–Crippen LogP) is 0.409. The number of hydrogen-bond acceptors (Lipinski definition) is 4. The molecule has 0 saturated carbocycles. The van der Waals surface area contributed by atoms with E-state index in [-0.39, 0.29) is 17.9 Å². The topological polar surface area (TPSA) is 71.3 Å². The van der Waals surface area contributed by atoms with Gasteiger partial charge in [0.2, 0.25) is 5.91 Å². The van der Waals surface area contributed by atoms with Crippen molar-refractivity contribution in [3.63, 3.8) is 0 Å².